The van der Waals surface area contributed by atoms with Crippen LogP contribution in [-0.2, 0) is 24.5 Å². The van der Waals surface area contributed by atoms with Crippen LogP contribution in [0.15, 0.2) is 10.9 Å². The fourth-order valence-electron chi connectivity index (χ4n) is 2.48. The molecule has 0 fully saturated rings. The minimum atomic E-state index is -1.10. The Morgan fingerprint density at radius 3 is 2.32 bits per heavy atom. The van der Waals surface area contributed by atoms with Gasteiger partial charge < -0.3 is 19.9 Å². The van der Waals surface area contributed by atoms with E-state index in [0.29, 0.717) is 0 Å². The highest BCUT2D eigenvalue weighted by atomic mass is 16.4. The van der Waals surface area contributed by atoms with Crippen LogP contribution in [0.1, 0.15) is 38.1 Å². The van der Waals surface area contributed by atoms with E-state index in [2.05, 4.69) is 0 Å². The van der Waals surface area contributed by atoms with E-state index in [9.17, 15) is 19.8 Å². The number of rotatable bonds is 9. The molecule has 0 spiro atoms. The third-order valence-corrected chi connectivity index (χ3v) is 3.39. The number of aliphatic hydroxyl groups excluding tert-OH is 1. The van der Waals surface area contributed by atoms with Crippen molar-refractivity contribution in [3.63, 3.8) is 0 Å². The van der Waals surface area contributed by atoms with Crippen molar-refractivity contribution < 1.29 is 20.1 Å². The molecular formula is C15H24N2O5. The molecule has 7 nitrogen and oxygen atoms in total. The van der Waals surface area contributed by atoms with Gasteiger partial charge in [0.2, 0.25) is 5.43 Å². The average Bonchev–Trinajstić information content (AvgIpc) is 2.46. The molecule has 0 unspecified atom stereocenters. The van der Waals surface area contributed by atoms with E-state index in [0.717, 1.165) is 32.0 Å². The van der Waals surface area contributed by atoms with Crippen LogP contribution < -0.4 is 5.43 Å². The number of carboxylic acid groups (broad SMARTS) is 1. The van der Waals surface area contributed by atoms with Gasteiger partial charge >= 0.3 is 5.97 Å². The second-order valence-electron chi connectivity index (χ2n) is 5.21. The molecule has 0 aromatic carbocycles. The van der Waals surface area contributed by atoms with Crippen molar-refractivity contribution in [2.24, 2.45) is 0 Å². The molecule has 124 valence electrons. The molecule has 0 aliphatic heterocycles. The largest absolute Gasteiger partial charge is 0.503 e. The normalized spacial score (nSPS) is 11.1. The van der Waals surface area contributed by atoms with Crippen LogP contribution in [0.25, 0.3) is 0 Å². The van der Waals surface area contributed by atoms with Gasteiger partial charge in [0.05, 0.1) is 12.3 Å². The lowest BCUT2D eigenvalue weighted by Gasteiger charge is -2.24. The molecule has 0 aliphatic rings. The molecule has 0 atom stereocenters. The summed E-state index contributed by atoms with van der Waals surface area (Å²) in [5.74, 6) is -1.55. The van der Waals surface area contributed by atoms with Gasteiger partial charge in [0.25, 0.3) is 0 Å². The van der Waals surface area contributed by atoms with Crippen molar-refractivity contribution >= 4 is 5.97 Å². The topological polar surface area (TPSA) is 103 Å². The summed E-state index contributed by atoms with van der Waals surface area (Å²) in [6.45, 7) is 5.00. The quantitative estimate of drug-likeness (QED) is 0.622. The van der Waals surface area contributed by atoms with E-state index in [4.69, 9.17) is 5.11 Å². The first-order valence-corrected chi connectivity index (χ1v) is 7.44. The Morgan fingerprint density at radius 1 is 1.27 bits per heavy atom. The molecule has 0 saturated carbocycles. The molecule has 1 rings (SSSR count). The van der Waals surface area contributed by atoms with E-state index in [1.807, 2.05) is 18.7 Å². The molecule has 0 aliphatic carbocycles. The molecule has 1 aromatic rings. The standard InChI is InChI=1S/C15H24N2O5/c1-3-5-16(6-4-2)8-12-15(22)13(19)7-11(10-18)17(12)9-14(20)21/h7,18,22H,3-6,8-10H2,1-2H3,(H,20,21). The lowest BCUT2D eigenvalue weighted by Crippen LogP contribution is -2.30. The number of aliphatic carboxylic acids is 1. The third kappa shape index (κ3) is 4.57. The predicted octanol–water partition coefficient (Wildman–Crippen LogP) is 0.753. The Balaban J connectivity index is 3.31. The van der Waals surface area contributed by atoms with E-state index in [1.54, 1.807) is 0 Å². The molecule has 7 heteroatoms. The molecule has 22 heavy (non-hydrogen) atoms. The summed E-state index contributed by atoms with van der Waals surface area (Å²) in [4.78, 5) is 24.9. The van der Waals surface area contributed by atoms with Gasteiger partial charge in [-0.1, -0.05) is 13.8 Å². The number of carbonyl (C=O) groups is 1. The Bertz CT molecular complexity index is 562. The molecule has 1 aromatic heterocycles. The van der Waals surface area contributed by atoms with Gasteiger partial charge in [0, 0.05) is 18.3 Å². The van der Waals surface area contributed by atoms with Crippen LogP contribution in [0.4, 0.5) is 0 Å². The molecule has 0 amide bonds. The van der Waals surface area contributed by atoms with E-state index >= 15 is 0 Å². The van der Waals surface area contributed by atoms with Gasteiger partial charge in [0.1, 0.15) is 6.54 Å². The summed E-state index contributed by atoms with van der Waals surface area (Å²) in [6.07, 6.45) is 1.81. The van der Waals surface area contributed by atoms with Crippen LogP contribution in [0.5, 0.6) is 5.75 Å². The van der Waals surface area contributed by atoms with Crippen molar-refractivity contribution in [1.29, 1.82) is 0 Å². The smallest absolute Gasteiger partial charge is 0.323 e. The van der Waals surface area contributed by atoms with Crippen molar-refractivity contribution in [1.82, 2.24) is 9.47 Å². The predicted molar refractivity (Wildman–Crippen MR) is 81.8 cm³/mol. The Kier molecular flexibility index (Phi) is 7.07. The maximum atomic E-state index is 11.8. The SMILES string of the molecule is CCCN(CCC)Cc1c(O)c(=O)cc(CO)n1CC(=O)O. The van der Waals surface area contributed by atoms with Crippen molar-refractivity contribution in [2.75, 3.05) is 13.1 Å². The third-order valence-electron chi connectivity index (χ3n) is 3.39. The van der Waals surface area contributed by atoms with Gasteiger partial charge in [-0.25, -0.2) is 0 Å². The number of hydrogen-bond acceptors (Lipinski definition) is 5. The Morgan fingerprint density at radius 2 is 1.86 bits per heavy atom. The van der Waals surface area contributed by atoms with Crippen LogP contribution in [0.3, 0.4) is 0 Å². The fourth-order valence-corrected chi connectivity index (χ4v) is 2.48. The number of aromatic nitrogens is 1. The average molecular weight is 312 g/mol. The number of pyridine rings is 1. The van der Waals surface area contributed by atoms with E-state index < -0.39 is 30.3 Å². The Hall–Kier alpha value is -1.86. The molecule has 0 radical (unpaired) electrons. The van der Waals surface area contributed by atoms with Gasteiger partial charge in [-0.3, -0.25) is 14.5 Å². The van der Waals surface area contributed by atoms with Gasteiger partial charge in [-0.15, -0.1) is 0 Å². The maximum absolute atomic E-state index is 11.8. The van der Waals surface area contributed by atoms with Crippen LogP contribution in [0.2, 0.25) is 0 Å². The summed E-state index contributed by atoms with van der Waals surface area (Å²) >= 11 is 0. The molecular weight excluding hydrogens is 288 g/mol. The van der Waals surface area contributed by atoms with Gasteiger partial charge in [0.15, 0.2) is 5.75 Å². The van der Waals surface area contributed by atoms with Crippen molar-refractivity contribution in [3.8, 4) is 5.75 Å². The molecule has 3 N–H and O–H groups in total. The first-order chi connectivity index (χ1) is 10.4. The summed E-state index contributed by atoms with van der Waals surface area (Å²) < 4.78 is 1.30. The maximum Gasteiger partial charge on any atom is 0.323 e. The highest BCUT2D eigenvalue weighted by molar-refractivity contribution is 5.67. The van der Waals surface area contributed by atoms with Gasteiger partial charge in [-0.2, -0.15) is 0 Å². The van der Waals surface area contributed by atoms with Crippen LogP contribution >= 0.6 is 0 Å². The lowest BCUT2D eigenvalue weighted by molar-refractivity contribution is -0.137. The lowest BCUT2D eigenvalue weighted by atomic mass is 10.2. The first-order valence-electron chi connectivity index (χ1n) is 7.44. The van der Waals surface area contributed by atoms with Crippen LogP contribution in [0, 0.1) is 0 Å². The van der Waals surface area contributed by atoms with E-state index in [1.165, 1.54) is 4.57 Å². The molecule has 1 heterocycles. The highest BCUT2D eigenvalue weighted by Crippen LogP contribution is 2.18. The zero-order valence-corrected chi connectivity index (χ0v) is 13.1. The van der Waals surface area contributed by atoms with Crippen molar-refractivity contribution in [2.45, 2.75) is 46.4 Å². The minimum absolute atomic E-state index is 0.188. The Labute approximate surface area is 129 Å². The number of carboxylic acids is 1. The fraction of sp³-hybridized carbons (Fsp3) is 0.600. The first kappa shape index (κ1) is 18.2. The number of aromatic hydroxyl groups is 1. The number of nitrogens with zero attached hydrogens (tertiary/aromatic N) is 2. The molecule has 0 saturated heterocycles. The van der Waals surface area contributed by atoms with Crippen molar-refractivity contribution in [3.05, 3.63) is 27.7 Å². The van der Waals surface area contributed by atoms with E-state index in [-0.39, 0.29) is 17.9 Å². The highest BCUT2D eigenvalue weighted by Gasteiger charge is 2.18. The zero-order valence-electron chi connectivity index (χ0n) is 13.1. The summed E-state index contributed by atoms with van der Waals surface area (Å²) in [6, 6.07) is 1.08. The second kappa shape index (κ2) is 8.55. The summed E-state index contributed by atoms with van der Waals surface area (Å²) in [7, 11) is 0. The summed E-state index contributed by atoms with van der Waals surface area (Å²) in [5.41, 5.74) is -0.178. The molecule has 0 bridgehead atoms. The zero-order chi connectivity index (χ0) is 16.7. The van der Waals surface area contributed by atoms with Gasteiger partial charge in [-0.05, 0) is 25.9 Å². The van der Waals surface area contributed by atoms with Crippen LogP contribution in [-0.4, -0.2) is 43.8 Å². The number of hydrogen-bond donors (Lipinski definition) is 3. The monoisotopic (exact) mass is 312 g/mol. The number of aliphatic hydroxyl groups is 1. The summed E-state index contributed by atoms with van der Waals surface area (Å²) in [5, 5.41) is 28.5. The minimum Gasteiger partial charge on any atom is -0.503 e. The second-order valence-corrected chi connectivity index (χ2v) is 5.21.